The standard InChI is InChI=1S/C22H29N3O2S/c1-5-25(18-12-10-16(3)11-13-18)15-14-23-22(28)24-20-9-7-8-19(17(20)4)21(26)27-6-2/h7-13H,5-6,14-15H2,1-4H3,(H2,23,24,28). The van der Waals surface area contributed by atoms with E-state index in [9.17, 15) is 4.79 Å². The Morgan fingerprint density at radius 3 is 2.46 bits per heavy atom. The van der Waals surface area contributed by atoms with Crippen LogP contribution < -0.4 is 15.5 Å². The number of carbonyl (C=O) groups excluding carboxylic acids is 1. The van der Waals surface area contributed by atoms with Crippen LogP contribution in [0.5, 0.6) is 0 Å². The molecule has 0 aliphatic carbocycles. The summed E-state index contributed by atoms with van der Waals surface area (Å²) < 4.78 is 5.10. The molecule has 0 aromatic heterocycles. The highest BCUT2D eigenvalue weighted by Gasteiger charge is 2.13. The number of benzene rings is 2. The molecule has 28 heavy (non-hydrogen) atoms. The first-order valence-corrected chi connectivity index (χ1v) is 10.00. The number of anilines is 2. The lowest BCUT2D eigenvalue weighted by Crippen LogP contribution is -2.37. The van der Waals surface area contributed by atoms with Crippen molar-refractivity contribution in [1.82, 2.24) is 5.32 Å². The maximum Gasteiger partial charge on any atom is 0.338 e. The van der Waals surface area contributed by atoms with Crippen molar-refractivity contribution in [3.8, 4) is 0 Å². The Bertz CT molecular complexity index is 806. The lowest BCUT2D eigenvalue weighted by Gasteiger charge is -2.24. The molecule has 0 amide bonds. The van der Waals surface area contributed by atoms with Gasteiger partial charge in [-0.1, -0.05) is 23.8 Å². The molecule has 2 rings (SSSR count). The first-order chi connectivity index (χ1) is 13.5. The molecule has 0 saturated heterocycles. The number of likely N-dealkylation sites (N-methyl/N-ethyl adjacent to an activating group) is 1. The van der Waals surface area contributed by atoms with Gasteiger partial charge in [0.1, 0.15) is 0 Å². The third kappa shape index (κ3) is 5.96. The SMILES string of the molecule is CCOC(=O)c1cccc(NC(=S)NCCN(CC)c2ccc(C)cc2)c1C. The lowest BCUT2D eigenvalue weighted by molar-refractivity contribution is 0.0525. The van der Waals surface area contributed by atoms with E-state index >= 15 is 0 Å². The summed E-state index contributed by atoms with van der Waals surface area (Å²) in [5.41, 5.74) is 4.62. The number of nitrogens with zero attached hydrogens (tertiary/aromatic N) is 1. The fourth-order valence-corrected chi connectivity index (χ4v) is 3.11. The van der Waals surface area contributed by atoms with Crippen LogP contribution in [0.1, 0.15) is 35.3 Å². The second-order valence-corrected chi connectivity index (χ2v) is 6.90. The summed E-state index contributed by atoms with van der Waals surface area (Å²) >= 11 is 5.42. The molecule has 0 bridgehead atoms. The van der Waals surface area contributed by atoms with Crippen molar-refractivity contribution in [3.05, 3.63) is 59.2 Å². The molecule has 0 saturated carbocycles. The van der Waals surface area contributed by atoms with Crippen molar-refractivity contribution in [1.29, 1.82) is 0 Å². The van der Waals surface area contributed by atoms with Gasteiger partial charge in [-0.3, -0.25) is 0 Å². The van der Waals surface area contributed by atoms with Crippen molar-refractivity contribution in [2.24, 2.45) is 0 Å². The van der Waals surface area contributed by atoms with Crippen molar-refractivity contribution >= 4 is 34.7 Å². The summed E-state index contributed by atoms with van der Waals surface area (Å²) in [6.07, 6.45) is 0. The first-order valence-electron chi connectivity index (χ1n) is 9.59. The van der Waals surface area contributed by atoms with Gasteiger partial charge in [-0.2, -0.15) is 0 Å². The van der Waals surface area contributed by atoms with Gasteiger partial charge in [-0.25, -0.2) is 4.79 Å². The molecule has 150 valence electrons. The molecule has 0 heterocycles. The molecule has 0 radical (unpaired) electrons. The maximum absolute atomic E-state index is 12.0. The van der Waals surface area contributed by atoms with Gasteiger partial charge in [0.25, 0.3) is 0 Å². The van der Waals surface area contributed by atoms with E-state index in [1.54, 1.807) is 13.0 Å². The van der Waals surface area contributed by atoms with Crippen LogP contribution in [0.25, 0.3) is 0 Å². The Kier molecular flexibility index (Phi) is 8.26. The van der Waals surface area contributed by atoms with Gasteiger partial charge >= 0.3 is 5.97 Å². The number of aryl methyl sites for hydroxylation is 1. The van der Waals surface area contributed by atoms with Crippen LogP contribution >= 0.6 is 12.2 Å². The predicted octanol–water partition coefficient (Wildman–Crippen LogP) is 4.29. The molecule has 0 fully saturated rings. The van der Waals surface area contributed by atoms with E-state index in [1.807, 2.05) is 19.1 Å². The summed E-state index contributed by atoms with van der Waals surface area (Å²) in [6.45, 7) is 10.7. The fraction of sp³-hybridized carbons (Fsp3) is 0.364. The van der Waals surface area contributed by atoms with Gasteiger partial charge in [0.15, 0.2) is 5.11 Å². The highest BCUT2D eigenvalue weighted by molar-refractivity contribution is 7.80. The zero-order chi connectivity index (χ0) is 20.5. The Hall–Kier alpha value is -2.60. The van der Waals surface area contributed by atoms with Gasteiger partial charge in [-0.05, 0) is 69.7 Å². The van der Waals surface area contributed by atoms with E-state index in [1.165, 1.54) is 11.3 Å². The summed E-state index contributed by atoms with van der Waals surface area (Å²) in [5, 5.41) is 6.95. The molecule has 5 nitrogen and oxygen atoms in total. The molecule has 0 atom stereocenters. The van der Waals surface area contributed by atoms with Gasteiger partial charge in [0.2, 0.25) is 0 Å². The zero-order valence-electron chi connectivity index (χ0n) is 17.0. The summed E-state index contributed by atoms with van der Waals surface area (Å²) in [7, 11) is 0. The van der Waals surface area contributed by atoms with Gasteiger partial charge < -0.3 is 20.3 Å². The molecule has 0 spiro atoms. The monoisotopic (exact) mass is 399 g/mol. The van der Waals surface area contributed by atoms with Gasteiger partial charge in [0.05, 0.1) is 12.2 Å². The van der Waals surface area contributed by atoms with Crippen molar-refractivity contribution in [2.45, 2.75) is 27.7 Å². The average molecular weight is 400 g/mol. The second-order valence-electron chi connectivity index (χ2n) is 6.49. The minimum absolute atomic E-state index is 0.320. The summed E-state index contributed by atoms with van der Waals surface area (Å²) in [6, 6.07) is 14.0. The Labute approximate surface area is 173 Å². The quantitative estimate of drug-likeness (QED) is 0.510. The minimum Gasteiger partial charge on any atom is -0.462 e. The topological polar surface area (TPSA) is 53.6 Å². The number of thiocarbonyl (C=S) groups is 1. The Morgan fingerprint density at radius 1 is 1.11 bits per heavy atom. The molecular formula is C22H29N3O2S. The number of carbonyl (C=O) groups is 1. The number of hydrogen-bond donors (Lipinski definition) is 2. The third-order valence-electron chi connectivity index (χ3n) is 4.53. The maximum atomic E-state index is 12.0. The summed E-state index contributed by atoms with van der Waals surface area (Å²) in [5.74, 6) is -0.320. The number of nitrogens with one attached hydrogen (secondary N) is 2. The number of esters is 1. The van der Waals surface area contributed by atoms with E-state index in [0.717, 1.165) is 24.3 Å². The van der Waals surface area contributed by atoms with E-state index in [-0.39, 0.29) is 5.97 Å². The van der Waals surface area contributed by atoms with Crippen molar-refractivity contribution in [3.63, 3.8) is 0 Å². The van der Waals surface area contributed by atoms with Crippen LogP contribution in [0, 0.1) is 13.8 Å². The first kappa shape index (κ1) is 21.7. The Balaban J connectivity index is 1.91. The molecule has 2 aromatic carbocycles. The van der Waals surface area contributed by atoms with Crippen LogP contribution in [0.15, 0.2) is 42.5 Å². The van der Waals surface area contributed by atoms with E-state index in [4.69, 9.17) is 17.0 Å². The van der Waals surface area contributed by atoms with E-state index in [2.05, 4.69) is 53.6 Å². The number of rotatable bonds is 8. The predicted molar refractivity (Wildman–Crippen MR) is 120 cm³/mol. The molecule has 0 unspecified atom stereocenters. The molecular weight excluding hydrogens is 370 g/mol. The molecule has 0 aliphatic heterocycles. The van der Waals surface area contributed by atoms with Crippen LogP contribution in [-0.4, -0.2) is 37.3 Å². The normalized spacial score (nSPS) is 10.3. The van der Waals surface area contributed by atoms with E-state index in [0.29, 0.717) is 23.8 Å². The molecule has 0 aliphatic rings. The largest absolute Gasteiger partial charge is 0.462 e. The van der Waals surface area contributed by atoms with Crippen LogP contribution in [-0.2, 0) is 4.74 Å². The van der Waals surface area contributed by atoms with Crippen molar-refractivity contribution < 1.29 is 9.53 Å². The van der Waals surface area contributed by atoms with Crippen LogP contribution in [0.3, 0.4) is 0 Å². The minimum atomic E-state index is -0.320. The average Bonchev–Trinajstić information content (AvgIpc) is 2.68. The smallest absolute Gasteiger partial charge is 0.338 e. The highest BCUT2D eigenvalue weighted by Crippen LogP contribution is 2.20. The number of hydrogen-bond acceptors (Lipinski definition) is 4. The third-order valence-corrected chi connectivity index (χ3v) is 4.77. The summed E-state index contributed by atoms with van der Waals surface area (Å²) in [4.78, 5) is 14.3. The van der Waals surface area contributed by atoms with Gasteiger partial charge in [0, 0.05) is 31.0 Å². The van der Waals surface area contributed by atoms with E-state index < -0.39 is 0 Å². The second kappa shape index (κ2) is 10.7. The molecule has 2 N–H and O–H groups in total. The lowest BCUT2D eigenvalue weighted by atomic mass is 10.1. The number of ether oxygens (including phenoxy) is 1. The molecule has 2 aromatic rings. The van der Waals surface area contributed by atoms with Crippen LogP contribution in [0.2, 0.25) is 0 Å². The molecule has 6 heteroatoms. The van der Waals surface area contributed by atoms with Crippen LogP contribution in [0.4, 0.5) is 11.4 Å². The fourth-order valence-electron chi connectivity index (χ4n) is 2.90. The van der Waals surface area contributed by atoms with Crippen molar-refractivity contribution in [2.75, 3.05) is 36.5 Å². The zero-order valence-corrected chi connectivity index (χ0v) is 17.9. The Morgan fingerprint density at radius 2 is 1.82 bits per heavy atom. The highest BCUT2D eigenvalue weighted by atomic mass is 32.1. The van der Waals surface area contributed by atoms with Gasteiger partial charge in [-0.15, -0.1) is 0 Å².